The number of hydrogen-bond acceptors (Lipinski definition) is 4. The molecule has 0 saturated carbocycles. The van der Waals surface area contributed by atoms with Crippen LogP contribution >= 0.6 is 11.3 Å². The number of anilines is 1. The lowest BCUT2D eigenvalue weighted by Crippen LogP contribution is -2.41. The normalized spacial score (nSPS) is 11.1. The summed E-state index contributed by atoms with van der Waals surface area (Å²) in [5.41, 5.74) is 3.11. The average Bonchev–Trinajstić information content (AvgIpc) is 3.22. The SMILES string of the molecule is Cc1cc(C)c(NC(=O)Cn2c(=O)n(Cc3ccccc3F)c(=O)c3sccc32)c(C)c1. The van der Waals surface area contributed by atoms with Crippen molar-refractivity contribution < 1.29 is 9.18 Å². The van der Waals surface area contributed by atoms with Crippen molar-refractivity contribution in [1.29, 1.82) is 0 Å². The molecule has 0 aliphatic carbocycles. The second-order valence-electron chi connectivity index (χ2n) is 7.81. The van der Waals surface area contributed by atoms with E-state index in [2.05, 4.69) is 5.32 Å². The number of halogens is 1. The van der Waals surface area contributed by atoms with Gasteiger partial charge in [-0.15, -0.1) is 11.3 Å². The van der Waals surface area contributed by atoms with Crippen LogP contribution in [0.5, 0.6) is 0 Å². The molecule has 164 valence electrons. The van der Waals surface area contributed by atoms with Crippen molar-refractivity contribution in [3.05, 3.63) is 96.8 Å². The predicted molar refractivity (Wildman–Crippen MR) is 125 cm³/mol. The van der Waals surface area contributed by atoms with Crippen LogP contribution < -0.4 is 16.6 Å². The lowest BCUT2D eigenvalue weighted by atomic mass is 10.1. The summed E-state index contributed by atoms with van der Waals surface area (Å²) in [6.07, 6.45) is 0. The Hall–Kier alpha value is -3.52. The number of rotatable bonds is 5. The molecular weight excluding hydrogens is 429 g/mol. The van der Waals surface area contributed by atoms with E-state index in [0.717, 1.165) is 21.3 Å². The van der Waals surface area contributed by atoms with Crippen molar-refractivity contribution in [2.45, 2.75) is 33.9 Å². The van der Waals surface area contributed by atoms with E-state index in [9.17, 15) is 18.8 Å². The molecule has 4 rings (SSSR count). The van der Waals surface area contributed by atoms with Gasteiger partial charge in [0.2, 0.25) is 5.91 Å². The molecule has 2 aromatic carbocycles. The maximum atomic E-state index is 14.2. The maximum absolute atomic E-state index is 14.2. The maximum Gasteiger partial charge on any atom is 0.332 e. The van der Waals surface area contributed by atoms with E-state index in [1.165, 1.54) is 28.0 Å². The molecular formula is C24H22FN3O3S. The fraction of sp³-hybridized carbons (Fsp3) is 0.208. The Kier molecular flexibility index (Phi) is 5.80. The number of carbonyl (C=O) groups excluding carboxylic acids is 1. The van der Waals surface area contributed by atoms with E-state index >= 15 is 0 Å². The van der Waals surface area contributed by atoms with Gasteiger partial charge in [0, 0.05) is 11.3 Å². The molecule has 1 amide bonds. The highest BCUT2D eigenvalue weighted by atomic mass is 32.1. The van der Waals surface area contributed by atoms with Crippen molar-refractivity contribution in [3.8, 4) is 0 Å². The van der Waals surface area contributed by atoms with Gasteiger partial charge in [-0.05, 0) is 49.4 Å². The Labute approximate surface area is 187 Å². The van der Waals surface area contributed by atoms with Crippen molar-refractivity contribution >= 4 is 33.1 Å². The van der Waals surface area contributed by atoms with Crippen LogP contribution in [0.4, 0.5) is 10.1 Å². The molecule has 0 atom stereocenters. The molecule has 1 N–H and O–H groups in total. The average molecular weight is 452 g/mol. The fourth-order valence-corrected chi connectivity index (χ4v) is 4.77. The number of nitrogens with zero attached hydrogens (tertiary/aromatic N) is 2. The summed E-state index contributed by atoms with van der Waals surface area (Å²) in [6, 6.07) is 11.6. The Balaban J connectivity index is 1.74. The van der Waals surface area contributed by atoms with Gasteiger partial charge in [0.05, 0.1) is 12.1 Å². The first-order valence-electron chi connectivity index (χ1n) is 10.1. The van der Waals surface area contributed by atoms with Gasteiger partial charge in [-0.1, -0.05) is 35.9 Å². The van der Waals surface area contributed by atoms with Gasteiger partial charge in [-0.3, -0.25) is 18.7 Å². The monoisotopic (exact) mass is 451 g/mol. The van der Waals surface area contributed by atoms with Gasteiger partial charge in [0.25, 0.3) is 5.56 Å². The zero-order valence-electron chi connectivity index (χ0n) is 17.9. The van der Waals surface area contributed by atoms with E-state index < -0.39 is 17.1 Å². The largest absolute Gasteiger partial charge is 0.332 e. The fourth-order valence-electron chi connectivity index (χ4n) is 3.92. The predicted octanol–water partition coefficient (Wildman–Crippen LogP) is 3.98. The molecule has 0 aliphatic rings. The first kappa shape index (κ1) is 21.7. The van der Waals surface area contributed by atoms with Gasteiger partial charge in [0.1, 0.15) is 17.1 Å². The van der Waals surface area contributed by atoms with Gasteiger partial charge in [-0.25, -0.2) is 9.18 Å². The molecule has 0 bridgehead atoms. The number of thiophene rings is 1. The Morgan fingerprint density at radius 3 is 2.41 bits per heavy atom. The molecule has 32 heavy (non-hydrogen) atoms. The van der Waals surface area contributed by atoms with Crippen LogP contribution in [0.15, 0.2) is 57.4 Å². The van der Waals surface area contributed by atoms with E-state index in [1.54, 1.807) is 23.6 Å². The van der Waals surface area contributed by atoms with Crippen LogP contribution in [-0.2, 0) is 17.9 Å². The number of nitrogens with one attached hydrogen (secondary N) is 1. The third-order valence-corrected chi connectivity index (χ3v) is 6.26. The second-order valence-corrected chi connectivity index (χ2v) is 8.72. The van der Waals surface area contributed by atoms with E-state index in [4.69, 9.17) is 0 Å². The summed E-state index contributed by atoms with van der Waals surface area (Å²) in [4.78, 5) is 39.0. The summed E-state index contributed by atoms with van der Waals surface area (Å²) in [6.45, 7) is 5.32. The first-order valence-corrected chi connectivity index (χ1v) is 11.0. The highest BCUT2D eigenvalue weighted by Crippen LogP contribution is 2.22. The second kappa shape index (κ2) is 8.55. The number of amides is 1. The van der Waals surface area contributed by atoms with Crippen molar-refractivity contribution in [3.63, 3.8) is 0 Å². The van der Waals surface area contributed by atoms with Crippen LogP contribution in [0.2, 0.25) is 0 Å². The minimum absolute atomic E-state index is 0.212. The quantitative estimate of drug-likeness (QED) is 0.499. The number of carbonyl (C=O) groups is 1. The smallest absolute Gasteiger partial charge is 0.324 e. The van der Waals surface area contributed by atoms with Crippen molar-refractivity contribution in [1.82, 2.24) is 9.13 Å². The van der Waals surface area contributed by atoms with E-state index in [-0.39, 0.29) is 24.6 Å². The first-order chi connectivity index (χ1) is 15.3. The lowest BCUT2D eigenvalue weighted by Gasteiger charge is -2.15. The highest BCUT2D eigenvalue weighted by Gasteiger charge is 2.18. The lowest BCUT2D eigenvalue weighted by molar-refractivity contribution is -0.116. The van der Waals surface area contributed by atoms with Crippen molar-refractivity contribution in [2.75, 3.05) is 5.32 Å². The summed E-state index contributed by atoms with van der Waals surface area (Å²) < 4.78 is 16.8. The third kappa shape index (κ3) is 4.01. The highest BCUT2D eigenvalue weighted by molar-refractivity contribution is 7.17. The number of aryl methyl sites for hydroxylation is 3. The zero-order valence-corrected chi connectivity index (χ0v) is 18.8. The van der Waals surface area contributed by atoms with Gasteiger partial charge >= 0.3 is 5.69 Å². The van der Waals surface area contributed by atoms with E-state index in [1.807, 2.05) is 32.9 Å². The van der Waals surface area contributed by atoms with Crippen molar-refractivity contribution in [2.24, 2.45) is 0 Å². The molecule has 0 aliphatic heterocycles. The molecule has 0 spiro atoms. The Bertz CT molecular complexity index is 1440. The van der Waals surface area contributed by atoms with E-state index in [0.29, 0.717) is 15.9 Å². The number of aromatic nitrogens is 2. The number of hydrogen-bond donors (Lipinski definition) is 1. The standard InChI is InChI=1S/C24H22FN3O3S/c1-14-10-15(2)21(16(3)11-14)26-20(29)13-27-19-8-9-32-22(19)23(30)28(24(27)31)12-17-6-4-5-7-18(17)25/h4-11H,12-13H2,1-3H3,(H,26,29). The van der Waals surface area contributed by atoms with Crippen LogP contribution in [0.25, 0.3) is 10.2 Å². The minimum Gasteiger partial charge on any atom is -0.324 e. The molecule has 0 fully saturated rings. The molecule has 0 saturated heterocycles. The molecule has 0 radical (unpaired) electrons. The number of benzene rings is 2. The molecule has 2 aromatic heterocycles. The summed E-state index contributed by atoms with van der Waals surface area (Å²) in [5, 5.41) is 4.58. The van der Waals surface area contributed by atoms with Gasteiger partial charge in [0.15, 0.2) is 0 Å². The number of fused-ring (bicyclic) bond motifs is 1. The third-order valence-electron chi connectivity index (χ3n) is 5.37. The van der Waals surface area contributed by atoms with Crippen LogP contribution in [0, 0.1) is 26.6 Å². The van der Waals surface area contributed by atoms with Gasteiger partial charge < -0.3 is 5.32 Å². The summed E-state index contributed by atoms with van der Waals surface area (Å²) in [5.74, 6) is -0.884. The van der Waals surface area contributed by atoms with Crippen LogP contribution in [0.3, 0.4) is 0 Å². The van der Waals surface area contributed by atoms with Gasteiger partial charge in [-0.2, -0.15) is 0 Å². The Morgan fingerprint density at radius 2 is 1.72 bits per heavy atom. The summed E-state index contributed by atoms with van der Waals surface area (Å²) in [7, 11) is 0. The van der Waals surface area contributed by atoms with Crippen LogP contribution in [0.1, 0.15) is 22.3 Å². The molecule has 0 unspecified atom stereocenters. The molecule has 6 nitrogen and oxygen atoms in total. The zero-order chi connectivity index (χ0) is 23.0. The molecule has 4 aromatic rings. The Morgan fingerprint density at radius 1 is 1.03 bits per heavy atom. The molecule has 8 heteroatoms. The minimum atomic E-state index is -0.656. The van der Waals surface area contributed by atoms with Crippen LogP contribution in [-0.4, -0.2) is 15.0 Å². The topological polar surface area (TPSA) is 73.1 Å². The molecule has 2 heterocycles. The summed E-state index contributed by atoms with van der Waals surface area (Å²) >= 11 is 1.18.